The van der Waals surface area contributed by atoms with Crippen LogP contribution in [0.3, 0.4) is 0 Å². The lowest BCUT2D eigenvalue weighted by molar-refractivity contribution is -0.384. The number of nitrogens with one attached hydrogen (secondary N) is 1. The van der Waals surface area contributed by atoms with Gasteiger partial charge in [-0.15, -0.1) is 0 Å². The first-order valence-corrected chi connectivity index (χ1v) is 6.29. The summed E-state index contributed by atoms with van der Waals surface area (Å²) in [6.07, 6.45) is 0. The molecule has 2 aromatic rings. The second-order valence-corrected chi connectivity index (χ2v) is 4.73. The molecular weight excluding hydrogens is 363 g/mol. The molecule has 11 heteroatoms. The van der Waals surface area contributed by atoms with Crippen LogP contribution < -0.4 is 5.32 Å². The first kappa shape index (κ1) is 17.6. The van der Waals surface area contributed by atoms with Gasteiger partial charge in [-0.1, -0.05) is 11.6 Å². The highest BCUT2D eigenvalue weighted by molar-refractivity contribution is 6.34. The summed E-state index contributed by atoms with van der Waals surface area (Å²) in [5.41, 5.74) is -2.47. The Bertz CT molecular complexity index is 846. The fourth-order valence-corrected chi connectivity index (χ4v) is 1.93. The molecule has 0 bridgehead atoms. The van der Waals surface area contributed by atoms with Crippen LogP contribution in [-0.2, 0) is 0 Å². The van der Waals surface area contributed by atoms with E-state index in [-0.39, 0.29) is 10.7 Å². The number of anilines is 1. The quantitative estimate of drug-likeness (QED) is 0.291. The monoisotopic (exact) mass is 366 g/mol. The average molecular weight is 367 g/mol. The van der Waals surface area contributed by atoms with Gasteiger partial charge in [0.25, 0.3) is 11.6 Å². The Morgan fingerprint density at radius 2 is 1.50 bits per heavy atom. The lowest BCUT2D eigenvalue weighted by Gasteiger charge is -2.10. The van der Waals surface area contributed by atoms with Crippen LogP contribution in [0, 0.1) is 39.2 Å². The molecule has 126 valence electrons. The minimum atomic E-state index is -2.41. The summed E-state index contributed by atoms with van der Waals surface area (Å²) < 4.78 is 66.1. The zero-order chi connectivity index (χ0) is 18.2. The standard InChI is InChI=1S/C13H4ClF5N2O3/c14-5-3-4(21(23)24)1-2-6(5)20-13(22)7-8(15)10(17)12(19)11(18)9(7)16/h1-3H,(H,20,22). The topological polar surface area (TPSA) is 72.2 Å². The van der Waals surface area contributed by atoms with E-state index in [1.165, 1.54) is 0 Å². The molecule has 0 fully saturated rings. The van der Waals surface area contributed by atoms with Gasteiger partial charge < -0.3 is 5.32 Å². The summed E-state index contributed by atoms with van der Waals surface area (Å²) in [6, 6.07) is 2.68. The second kappa shape index (κ2) is 6.40. The maximum Gasteiger partial charge on any atom is 0.271 e. The van der Waals surface area contributed by atoms with Gasteiger partial charge in [-0.2, -0.15) is 0 Å². The highest BCUT2D eigenvalue weighted by atomic mass is 35.5. The van der Waals surface area contributed by atoms with E-state index in [4.69, 9.17) is 11.6 Å². The van der Waals surface area contributed by atoms with Gasteiger partial charge >= 0.3 is 0 Å². The highest BCUT2D eigenvalue weighted by Gasteiger charge is 2.30. The molecule has 0 saturated carbocycles. The van der Waals surface area contributed by atoms with Crippen molar-refractivity contribution in [2.45, 2.75) is 0 Å². The van der Waals surface area contributed by atoms with Gasteiger partial charge in [0.1, 0.15) is 5.56 Å². The Balaban J connectivity index is 2.43. The third kappa shape index (κ3) is 3.00. The van der Waals surface area contributed by atoms with Crippen molar-refractivity contribution in [2.24, 2.45) is 0 Å². The summed E-state index contributed by atoms with van der Waals surface area (Å²) in [5, 5.41) is 12.0. The summed E-state index contributed by atoms with van der Waals surface area (Å²) in [7, 11) is 0. The van der Waals surface area contributed by atoms with E-state index in [1.54, 1.807) is 0 Å². The maximum absolute atomic E-state index is 13.5. The van der Waals surface area contributed by atoms with Crippen molar-refractivity contribution in [1.82, 2.24) is 0 Å². The van der Waals surface area contributed by atoms with E-state index in [0.717, 1.165) is 18.2 Å². The SMILES string of the molecule is O=C(Nc1ccc([N+](=O)[O-])cc1Cl)c1c(F)c(F)c(F)c(F)c1F. The number of rotatable bonds is 3. The summed E-state index contributed by atoms with van der Waals surface area (Å²) in [4.78, 5) is 21.6. The zero-order valence-corrected chi connectivity index (χ0v) is 11.9. The number of nitrogens with zero attached hydrogens (tertiary/aromatic N) is 1. The van der Waals surface area contributed by atoms with Crippen LogP contribution in [0.1, 0.15) is 10.4 Å². The lowest BCUT2D eigenvalue weighted by atomic mass is 10.1. The molecule has 0 aliphatic heterocycles. The molecule has 2 rings (SSSR count). The second-order valence-electron chi connectivity index (χ2n) is 4.32. The molecule has 0 aromatic heterocycles. The van der Waals surface area contributed by atoms with E-state index in [1.807, 2.05) is 5.32 Å². The first-order chi connectivity index (χ1) is 11.1. The summed E-state index contributed by atoms with van der Waals surface area (Å²) in [6.45, 7) is 0. The number of carbonyl (C=O) groups is 1. The number of non-ortho nitro benzene ring substituents is 1. The Hall–Kier alpha value is -2.75. The normalized spacial score (nSPS) is 10.6. The van der Waals surface area contributed by atoms with Gasteiger partial charge in [0.05, 0.1) is 15.6 Å². The van der Waals surface area contributed by atoms with Crippen molar-refractivity contribution in [3.05, 3.63) is 68.0 Å². The molecule has 0 atom stereocenters. The molecule has 0 radical (unpaired) electrons. The Labute approximate surface area is 134 Å². The molecular formula is C13H4ClF5N2O3. The van der Waals surface area contributed by atoms with Crippen LogP contribution in [0.25, 0.3) is 0 Å². The van der Waals surface area contributed by atoms with Crippen LogP contribution in [-0.4, -0.2) is 10.8 Å². The molecule has 0 unspecified atom stereocenters. The van der Waals surface area contributed by atoms with Gasteiger partial charge in [0.2, 0.25) is 5.82 Å². The molecule has 0 aliphatic rings. The third-order valence-corrected chi connectivity index (χ3v) is 3.16. The fourth-order valence-electron chi connectivity index (χ4n) is 1.71. The Morgan fingerprint density at radius 3 is 1.96 bits per heavy atom. The summed E-state index contributed by atoms with van der Waals surface area (Å²) in [5.74, 6) is -13.3. The fraction of sp³-hybridized carbons (Fsp3) is 0. The van der Waals surface area contributed by atoms with Crippen molar-refractivity contribution in [2.75, 3.05) is 5.32 Å². The van der Waals surface area contributed by atoms with Crippen molar-refractivity contribution in [3.8, 4) is 0 Å². The minimum Gasteiger partial charge on any atom is -0.320 e. The molecule has 0 spiro atoms. The number of hydrogen-bond acceptors (Lipinski definition) is 3. The predicted octanol–water partition coefficient (Wildman–Crippen LogP) is 4.20. The van der Waals surface area contributed by atoms with Gasteiger partial charge in [0.15, 0.2) is 23.3 Å². The van der Waals surface area contributed by atoms with E-state index >= 15 is 0 Å². The third-order valence-electron chi connectivity index (χ3n) is 2.85. The number of benzene rings is 2. The van der Waals surface area contributed by atoms with Gasteiger partial charge in [-0.3, -0.25) is 14.9 Å². The van der Waals surface area contributed by atoms with E-state index in [0.29, 0.717) is 0 Å². The number of amides is 1. The predicted molar refractivity (Wildman–Crippen MR) is 72.3 cm³/mol. The first-order valence-electron chi connectivity index (χ1n) is 5.91. The number of nitro benzene ring substituents is 1. The maximum atomic E-state index is 13.5. The molecule has 1 amide bonds. The average Bonchev–Trinajstić information content (AvgIpc) is 2.53. The van der Waals surface area contributed by atoms with Crippen LogP contribution in [0.2, 0.25) is 5.02 Å². The number of carbonyl (C=O) groups excluding carboxylic acids is 1. The van der Waals surface area contributed by atoms with E-state index < -0.39 is 51.2 Å². The van der Waals surface area contributed by atoms with Gasteiger partial charge in [-0.25, -0.2) is 22.0 Å². The smallest absolute Gasteiger partial charge is 0.271 e. The molecule has 0 aliphatic carbocycles. The molecule has 5 nitrogen and oxygen atoms in total. The zero-order valence-electron chi connectivity index (χ0n) is 11.2. The van der Waals surface area contributed by atoms with Crippen molar-refractivity contribution in [1.29, 1.82) is 0 Å². The number of halogens is 6. The van der Waals surface area contributed by atoms with Gasteiger partial charge in [-0.05, 0) is 6.07 Å². The van der Waals surface area contributed by atoms with Gasteiger partial charge in [0, 0.05) is 12.1 Å². The van der Waals surface area contributed by atoms with Crippen LogP contribution in [0.4, 0.5) is 33.3 Å². The Kier molecular flexibility index (Phi) is 4.69. The molecule has 24 heavy (non-hydrogen) atoms. The summed E-state index contributed by atoms with van der Waals surface area (Å²) >= 11 is 5.66. The molecule has 0 saturated heterocycles. The number of nitro groups is 1. The molecule has 1 N–H and O–H groups in total. The van der Waals surface area contributed by atoms with Crippen LogP contribution in [0.5, 0.6) is 0 Å². The van der Waals surface area contributed by atoms with Crippen LogP contribution in [0.15, 0.2) is 18.2 Å². The van der Waals surface area contributed by atoms with Crippen molar-refractivity contribution < 1.29 is 31.7 Å². The Morgan fingerprint density at radius 1 is 1.00 bits per heavy atom. The van der Waals surface area contributed by atoms with Crippen molar-refractivity contribution in [3.63, 3.8) is 0 Å². The van der Waals surface area contributed by atoms with E-state index in [2.05, 4.69) is 0 Å². The molecule has 2 aromatic carbocycles. The van der Waals surface area contributed by atoms with Crippen LogP contribution >= 0.6 is 11.6 Å². The minimum absolute atomic E-state index is 0.323. The highest BCUT2D eigenvalue weighted by Crippen LogP contribution is 2.28. The van der Waals surface area contributed by atoms with Crippen molar-refractivity contribution >= 4 is 28.9 Å². The van der Waals surface area contributed by atoms with E-state index in [9.17, 15) is 36.9 Å². The lowest BCUT2D eigenvalue weighted by Crippen LogP contribution is -2.19. The molecule has 0 heterocycles. The largest absolute Gasteiger partial charge is 0.320 e. The number of hydrogen-bond donors (Lipinski definition) is 1.